The van der Waals surface area contributed by atoms with Crippen LogP contribution in [0.2, 0.25) is 0 Å². The Kier molecular flexibility index (Phi) is 4.76. The summed E-state index contributed by atoms with van der Waals surface area (Å²) in [6.45, 7) is -0.00695. The second-order valence-electron chi connectivity index (χ2n) is 5.24. The minimum Gasteiger partial charge on any atom is -0.497 e. The summed E-state index contributed by atoms with van der Waals surface area (Å²) in [5, 5.41) is 0. The van der Waals surface area contributed by atoms with Gasteiger partial charge in [-0.2, -0.15) is 0 Å². The van der Waals surface area contributed by atoms with Crippen molar-refractivity contribution in [1.29, 1.82) is 0 Å². The normalized spacial score (nSPS) is 11.3. The van der Waals surface area contributed by atoms with Crippen molar-refractivity contribution in [3.63, 3.8) is 0 Å². The van der Waals surface area contributed by atoms with Gasteiger partial charge in [-0.25, -0.2) is 12.8 Å². The molecule has 1 aromatic heterocycles. The van der Waals surface area contributed by atoms with Gasteiger partial charge in [0.05, 0.1) is 30.5 Å². The van der Waals surface area contributed by atoms with Crippen molar-refractivity contribution in [2.75, 3.05) is 11.4 Å². The van der Waals surface area contributed by atoms with E-state index < -0.39 is 15.8 Å². The van der Waals surface area contributed by atoms with Gasteiger partial charge in [0.1, 0.15) is 17.3 Å². The summed E-state index contributed by atoms with van der Waals surface area (Å²) < 4.78 is 50.9. The minimum absolute atomic E-state index is 0.00695. The molecule has 25 heavy (non-hydrogen) atoms. The first-order valence-electron chi connectivity index (χ1n) is 7.45. The number of ether oxygens (including phenoxy) is 1. The van der Waals surface area contributed by atoms with Gasteiger partial charge >= 0.3 is 0 Å². The largest absolute Gasteiger partial charge is 0.497 e. The molecule has 0 aliphatic rings. The van der Waals surface area contributed by atoms with Crippen molar-refractivity contribution >= 4 is 15.7 Å². The quantitative estimate of drug-likeness (QED) is 0.670. The summed E-state index contributed by atoms with van der Waals surface area (Å²) in [5.74, 6) is 0.586. The number of halogens is 1. The van der Waals surface area contributed by atoms with Gasteiger partial charge in [-0.15, -0.1) is 0 Å². The first-order valence-corrected chi connectivity index (χ1v) is 8.89. The highest BCUT2D eigenvalue weighted by atomic mass is 32.2. The topological polar surface area (TPSA) is 59.8 Å². The number of rotatable bonds is 6. The van der Waals surface area contributed by atoms with E-state index in [2.05, 4.69) is 0 Å². The standard InChI is InChI=1S/C18H16FNO4S/c1-23-16-8-10-18(11-9-16)25(21,22)20(13-17-3-2-12-24-17)15-6-4-14(19)5-7-15/h2-12H,13H2,1H3. The Morgan fingerprint density at radius 3 is 2.28 bits per heavy atom. The van der Waals surface area contributed by atoms with Crippen LogP contribution in [-0.2, 0) is 16.6 Å². The third-order valence-electron chi connectivity index (χ3n) is 3.64. The third kappa shape index (κ3) is 3.66. The zero-order valence-corrected chi connectivity index (χ0v) is 14.2. The van der Waals surface area contributed by atoms with Crippen LogP contribution in [0, 0.1) is 5.82 Å². The Balaban J connectivity index is 2.03. The van der Waals surface area contributed by atoms with E-state index in [0.717, 1.165) is 0 Å². The average molecular weight is 361 g/mol. The smallest absolute Gasteiger partial charge is 0.264 e. The number of nitrogens with zero attached hydrogens (tertiary/aromatic N) is 1. The van der Waals surface area contributed by atoms with Crippen LogP contribution in [0.25, 0.3) is 0 Å². The maximum absolute atomic E-state index is 13.2. The summed E-state index contributed by atoms with van der Waals surface area (Å²) >= 11 is 0. The molecule has 0 aliphatic carbocycles. The monoisotopic (exact) mass is 361 g/mol. The molecular formula is C18H16FNO4S. The highest BCUT2D eigenvalue weighted by Gasteiger charge is 2.26. The highest BCUT2D eigenvalue weighted by Crippen LogP contribution is 2.27. The van der Waals surface area contributed by atoms with Gasteiger partial charge in [0, 0.05) is 0 Å². The van der Waals surface area contributed by atoms with E-state index in [0.29, 0.717) is 17.2 Å². The molecule has 0 fully saturated rings. The molecule has 0 saturated carbocycles. The molecule has 3 aromatic rings. The molecule has 0 bridgehead atoms. The molecular weight excluding hydrogens is 345 g/mol. The fourth-order valence-electron chi connectivity index (χ4n) is 2.34. The van der Waals surface area contributed by atoms with Crippen molar-refractivity contribution in [2.45, 2.75) is 11.4 Å². The molecule has 0 atom stereocenters. The van der Waals surface area contributed by atoms with E-state index >= 15 is 0 Å². The van der Waals surface area contributed by atoms with Crippen molar-refractivity contribution in [3.05, 3.63) is 78.5 Å². The van der Waals surface area contributed by atoms with Crippen LogP contribution in [-0.4, -0.2) is 15.5 Å². The predicted octanol–water partition coefficient (Wildman–Crippen LogP) is 3.82. The van der Waals surface area contributed by atoms with Crippen LogP contribution in [0.3, 0.4) is 0 Å². The first kappa shape index (κ1) is 17.0. The Hall–Kier alpha value is -2.80. The van der Waals surface area contributed by atoms with Gasteiger partial charge < -0.3 is 9.15 Å². The lowest BCUT2D eigenvalue weighted by atomic mass is 10.3. The molecule has 0 saturated heterocycles. The first-order chi connectivity index (χ1) is 12.0. The zero-order valence-electron chi connectivity index (χ0n) is 13.4. The van der Waals surface area contributed by atoms with E-state index in [1.54, 1.807) is 24.3 Å². The van der Waals surface area contributed by atoms with Crippen LogP contribution < -0.4 is 9.04 Å². The summed E-state index contributed by atoms with van der Waals surface area (Å²) in [4.78, 5) is 0.101. The average Bonchev–Trinajstić information content (AvgIpc) is 3.14. The molecule has 0 spiro atoms. The Labute approximate surface area is 145 Å². The van der Waals surface area contributed by atoms with Gasteiger partial charge in [0.15, 0.2) is 0 Å². The Morgan fingerprint density at radius 1 is 1.04 bits per heavy atom. The molecule has 2 aromatic carbocycles. The number of hydrogen-bond donors (Lipinski definition) is 0. The lowest BCUT2D eigenvalue weighted by Gasteiger charge is -2.23. The van der Waals surface area contributed by atoms with E-state index in [1.165, 1.54) is 54.1 Å². The molecule has 0 radical (unpaired) electrons. The van der Waals surface area contributed by atoms with Gasteiger partial charge in [0.2, 0.25) is 0 Å². The molecule has 7 heteroatoms. The second-order valence-corrected chi connectivity index (χ2v) is 7.11. The van der Waals surface area contributed by atoms with Crippen LogP contribution in [0.15, 0.2) is 76.2 Å². The summed E-state index contributed by atoms with van der Waals surface area (Å²) in [6, 6.07) is 14.7. The molecule has 130 valence electrons. The zero-order chi connectivity index (χ0) is 17.9. The minimum atomic E-state index is -3.87. The Morgan fingerprint density at radius 2 is 1.72 bits per heavy atom. The molecule has 3 rings (SSSR count). The highest BCUT2D eigenvalue weighted by molar-refractivity contribution is 7.92. The summed E-state index contributed by atoms with van der Waals surface area (Å²) in [5.41, 5.74) is 0.341. The van der Waals surface area contributed by atoms with Crippen LogP contribution in [0.4, 0.5) is 10.1 Å². The van der Waals surface area contributed by atoms with Gasteiger partial charge in [-0.1, -0.05) is 0 Å². The molecule has 0 aliphatic heterocycles. The second kappa shape index (κ2) is 6.98. The molecule has 0 N–H and O–H groups in total. The third-order valence-corrected chi connectivity index (χ3v) is 5.43. The SMILES string of the molecule is COc1ccc(S(=O)(=O)N(Cc2ccco2)c2ccc(F)cc2)cc1. The van der Waals surface area contributed by atoms with Gasteiger partial charge in [-0.3, -0.25) is 4.31 Å². The lowest BCUT2D eigenvalue weighted by Crippen LogP contribution is -2.30. The van der Waals surface area contributed by atoms with Crippen LogP contribution in [0.1, 0.15) is 5.76 Å². The summed E-state index contributed by atoms with van der Waals surface area (Å²) in [6.07, 6.45) is 1.47. The number of anilines is 1. The van der Waals surface area contributed by atoms with Crippen LogP contribution >= 0.6 is 0 Å². The van der Waals surface area contributed by atoms with Crippen molar-refractivity contribution in [2.24, 2.45) is 0 Å². The number of methoxy groups -OCH3 is 1. The van der Waals surface area contributed by atoms with E-state index in [1.807, 2.05) is 0 Å². The number of hydrogen-bond acceptors (Lipinski definition) is 4. The maximum Gasteiger partial charge on any atom is 0.264 e. The maximum atomic E-state index is 13.2. The molecule has 0 amide bonds. The fraction of sp³-hybridized carbons (Fsp3) is 0.111. The number of furan rings is 1. The number of sulfonamides is 1. The van der Waals surface area contributed by atoms with E-state index in [-0.39, 0.29) is 11.4 Å². The van der Waals surface area contributed by atoms with Crippen molar-refractivity contribution in [3.8, 4) is 5.75 Å². The lowest BCUT2D eigenvalue weighted by molar-refractivity contribution is 0.414. The van der Waals surface area contributed by atoms with Gasteiger partial charge in [-0.05, 0) is 60.7 Å². The fourth-order valence-corrected chi connectivity index (χ4v) is 3.77. The van der Waals surface area contributed by atoms with Crippen LogP contribution in [0.5, 0.6) is 5.75 Å². The summed E-state index contributed by atoms with van der Waals surface area (Å²) in [7, 11) is -2.37. The van der Waals surface area contributed by atoms with Crippen molar-refractivity contribution < 1.29 is 22.0 Å². The molecule has 5 nitrogen and oxygen atoms in total. The van der Waals surface area contributed by atoms with Crippen molar-refractivity contribution in [1.82, 2.24) is 0 Å². The van der Waals surface area contributed by atoms with E-state index in [9.17, 15) is 12.8 Å². The predicted molar refractivity (Wildman–Crippen MR) is 91.5 cm³/mol. The Bertz CT molecular complexity index is 920. The van der Waals surface area contributed by atoms with E-state index in [4.69, 9.17) is 9.15 Å². The molecule has 0 unspecified atom stereocenters. The molecule has 1 heterocycles. The number of benzene rings is 2. The van der Waals surface area contributed by atoms with Gasteiger partial charge in [0.25, 0.3) is 10.0 Å².